The van der Waals surface area contributed by atoms with E-state index in [1.807, 2.05) is 27.7 Å². The molecule has 3 rings (SSSR count). The number of hydrogen-bond acceptors (Lipinski definition) is 7. The van der Waals surface area contributed by atoms with Crippen molar-refractivity contribution in [2.24, 2.45) is 0 Å². The minimum Gasteiger partial charge on any atom is -0.444 e. The first kappa shape index (κ1) is 24.0. The van der Waals surface area contributed by atoms with Gasteiger partial charge >= 0.3 is 13.2 Å². The van der Waals surface area contributed by atoms with Gasteiger partial charge in [-0.3, -0.25) is 0 Å². The van der Waals surface area contributed by atoms with Gasteiger partial charge < -0.3 is 18.9 Å². The maximum atomic E-state index is 13.1. The molecule has 0 bridgehead atoms. The van der Waals surface area contributed by atoms with Crippen molar-refractivity contribution in [3.05, 3.63) is 18.3 Å². The van der Waals surface area contributed by atoms with E-state index >= 15 is 0 Å². The second-order valence-electron chi connectivity index (χ2n) is 10.2. The molecule has 172 valence electrons. The fraction of sp³-hybridized carbons (Fsp3) is 0.714. The normalized spacial score (nSPS) is 21.9. The Morgan fingerprint density at radius 3 is 2.13 bits per heavy atom. The second-order valence-corrected chi connectivity index (χ2v) is 12.4. The van der Waals surface area contributed by atoms with Crippen LogP contribution < -0.4 is 5.46 Å². The van der Waals surface area contributed by atoms with E-state index in [-0.39, 0.29) is 5.03 Å². The summed E-state index contributed by atoms with van der Waals surface area (Å²) in [5.74, 6) is 0. The predicted molar refractivity (Wildman–Crippen MR) is 118 cm³/mol. The van der Waals surface area contributed by atoms with E-state index in [9.17, 15) is 13.2 Å². The van der Waals surface area contributed by atoms with Crippen LogP contribution >= 0.6 is 0 Å². The van der Waals surface area contributed by atoms with Gasteiger partial charge in [0.15, 0.2) is 14.9 Å². The fourth-order valence-electron chi connectivity index (χ4n) is 3.52. The van der Waals surface area contributed by atoms with Crippen LogP contribution in [0.2, 0.25) is 0 Å². The summed E-state index contributed by atoms with van der Waals surface area (Å²) in [7, 11) is -4.20. The van der Waals surface area contributed by atoms with Crippen LogP contribution in [-0.2, 0) is 23.9 Å². The van der Waals surface area contributed by atoms with Crippen molar-refractivity contribution in [2.75, 3.05) is 13.1 Å². The van der Waals surface area contributed by atoms with Gasteiger partial charge in [0.1, 0.15) is 5.60 Å². The van der Waals surface area contributed by atoms with Crippen molar-refractivity contribution >= 4 is 28.5 Å². The number of carbonyl (C=O) groups excluding carboxylic acids is 1. The van der Waals surface area contributed by atoms with Gasteiger partial charge in [0.05, 0.1) is 16.5 Å². The van der Waals surface area contributed by atoms with Crippen LogP contribution in [-0.4, -0.2) is 66.7 Å². The van der Waals surface area contributed by atoms with E-state index in [1.54, 1.807) is 31.7 Å². The van der Waals surface area contributed by atoms with Gasteiger partial charge in [0.25, 0.3) is 0 Å². The fourth-order valence-corrected chi connectivity index (χ4v) is 5.15. The number of piperidine rings is 1. The summed E-state index contributed by atoms with van der Waals surface area (Å²) in [6.07, 6.45) is 1.79. The number of amides is 1. The summed E-state index contributed by atoms with van der Waals surface area (Å²) in [5.41, 5.74) is -0.866. The van der Waals surface area contributed by atoms with Crippen molar-refractivity contribution in [3.63, 3.8) is 0 Å². The monoisotopic (exact) mass is 452 g/mol. The van der Waals surface area contributed by atoms with Crippen molar-refractivity contribution < 1.29 is 27.3 Å². The first-order valence-corrected chi connectivity index (χ1v) is 12.2. The highest BCUT2D eigenvalue weighted by molar-refractivity contribution is 7.92. The van der Waals surface area contributed by atoms with Gasteiger partial charge in [-0.1, -0.05) is 6.07 Å². The number of likely N-dealkylation sites (tertiary alicyclic amines) is 1. The molecule has 2 aliphatic heterocycles. The van der Waals surface area contributed by atoms with Gasteiger partial charge in [0.2, 0.25) is 0 Å². The van der Waals surface area contributed by atoms with Crippen LogP contribution in [0, 0.1) is 0 Å². The van der Waals surface area contributed by atoms with Crippen molar-refractivity contribution in [1.82, 2.24) is 9.88 Å². The molecule has 0 saturated carbocycles. The van der Waals surface area contributed by atoms with Gasteiger partial charge in [0, 0.05) is 24.7 Å². The highest BCUT2D eigenvalue weighted by Gasteiger charge is 2.51. The zero-order valence-corrected chi connectivity index (χ0v) is 20.3. The Kier molecular flexibility index (Phi) is 6.23. The third-order valence-electron chi connectivity index (χ3n) is 6.11. The van der Waals surface area contributed by atoms with Crippen molar-refractivity contribution in [3.8, 4) is 0 Å². The molecule has 31 heavy (non-hydrogen) atoms. The Labute approximate surface area is 185 Å². The third kappa shape index (κ3) is 5.07. The van der Waals surface area contributed by atoms with Crippen molar-refractivity contribution in [2.45, 2.75) is 88.4 Å². The van der Waals surface area contributed by atoms with Gasteiger partial charge in [-0.05, 0) is 67.4 Å². The molecule has 0 aromatic carbocycles. The number of nitrogens with zero attached hydrogens (tertiary/aromatic N) is 2. The maximum Gasteiger partial charge on any atom is 0.496 e. The summed E-state index contributed by atoms with van der Waals surface area (Å²) in [4.78, 5) is 18.0. The highest BCUT2D eigenvalue weighted by Crippen LogP contribution is 2.36. The highest BCUT2D eigenvalue weighted by atomic mass is 32.2. The summed E-state index contributed by atoms with van der Waals surface area (Å²) < 4.78 is 43.5. The number of carbonyl (C=O) groups is 1. The molecular weight excluding hydrogens is 419 g/mol. The molecule has 0 radical (unpaired) electrons. The lowest BCUT2D eigenvalue weighted by molar-refractivity contribution is 0.00578. The number of aromatic nitrogens is 1. The zero-order valence-electron chi connectivity index (χ0n) is 19.5. The van der Waals surface area contributed by atoms with Crippen LogP contribution in [0.3, 0.4) is 0 Å². The number of hydrogen-bond donors (Lipinski definition) is 0. The molecule has 0 N–H and O–H groups in total. The predicted octanol–water partition coefficient (Wildman–Crippen LogP) is 2.55. The first-order chi connectivity index (χ1) is 14.1. The van der Waals surface area contributed by atoms with Crippen LogP contribution in [0.5, 0.6) is 0 Å². The van der Waals surface area contributed by atoms with E-state index in [1.165, 1.54) is 12.3 Å². The van der Waals surface area contributed by atoms with Crippen LogP contribution in [0.1, 0.15) is 61.3 Å². The van der Waals surface area contributed by atoms with E-state index in [4.69, 9.17) is 14.0 Å². The standard InChI is InChI=1S/C21H33BN2O6S/c1-19(2,3)28-18(25)24-12-10-16(11-13-24)31(26,27)17-9-8-15(14-23-17)22-29-20(4,5)21(6,7)30-22/h8-9,14,16H,10-13H2,1-7H3. The number of rotatable bonds is 3. The van der Waals surface area contributed by atoms with Crippen LogP contribution in [0.4, 0.5) is 4.79 Å². The maximum absolute atomic E-state index is 13.1. The largest absolute Gasteiger partial charge is 0.496 e. The Morgan fingerprint density at radius 2 is 1.68 bits per heavy atom. The SMILES string of the molecule is CC(C)(C)OC(=O)N1CCC(S(=O)(=O)c2ccc(B3OC(C)(C)C(C)(C)O3)cn2)CC1. The van der Waals surface area contributed by atoms with Crippen LogP contribution in [0.25, 0.3) is 0 Å². The minimum atomic E-state index is -3.60. The summed E-state index contributed by atoms with van der Waals surface area (Å²) in [6, 6.07) is 3.20. The molecule has 0 atom stereocenters. The van der Waals surface area contributed by atoms with Gasteiger partial charge in [-0.2, -0.15) is 0 Å². The Hall–Kier alpha value is -1.65. The summed E-state index contributed by atoms with van der Waals surface area (Å²) in [5, 5.41) is -0.551. The summed E-state index contributed by atoms with van der Waals surface area (Å²) in [6.45, 7) is 13.9. The third-order valence-corrected chi connectivity index (χ3v) is 8.28. The molecule has 1 aromatic heterocycles. The molecule has 0 spiro atoms. The van der Waals surface area contributed by atoms with E-state index in [0.717, 1.165) is 0 Å². The quantitative estimate of drug-likeness (QED) is 0.651. The first-order valence-electron chi connectivity index (χ1n) is 10.7. The van der Waals surface area contributed by atoms with Gasteiger partial charge in [-0.15, -0.1) is 0 Å². The van der Waals surface area contributed by atoms with Crippen molar-refractivity contribution in [1.29, 1.82) is 0 Å². The molecule has 2 fully saturated rings. The lowest BCUT2D eigenvalue weighted by Crippen LogP contribution is -2.44. The Bertz CT molecular complexity index is 900. The lowest BCUT2D eigenvalue weighted by Gasteiger charge is -2.33. The molecule has 2 saturated heterocycles. The second kappa shape index (κ2) is 8.05. The molecule has 1 amide bonds. The molecule has 10 heteroatoms. The van der Waals surface area contributed by atoms with E-state index in [0.29, 0.717) is 31.4 Å². The zero-order chi connectivity index (χ0) is 23.2. The van der Waals surface area contributed by atoms with Crippen LogP contribution in [0.15, 0.2) is 23.4 Å². The molecule has 2 aliphatic rings. The summed E-state index contributed by atoms with van der Waals surface area (Å²) >= 11 is 0. The number of pyridine rings is 1. The van der Waals surface area contributed by atoms with Gasteiger partial charge in [-0.25, -0.2) is 18.2 Å². The number of sulfone groups is 1. The molecule has 8 nitrogen and oxygen atoms in total. The number of ether oxygens (including phenoxy) is 1. The Balaban J connectivity index is 1.65. The average Bonchev–Trinajstić information content (AvgIpc) is 2.88. The molecule has 1 aromatic rings. The average molecular weight is 452 g/mol. The molecule has 3 heterocycles. The molecule has 0 aliphatic carbocycles. The van der Waals surface area contributed by atoms with E-state index < -0.39 is 45.1 Å². The Morgan fingerprint density at radius 1 is 1.13 bits per heavy atom. The smallest absolute Gasteiger partial charge is 0.444 e. The topological polar surface area (TPSA) is 95.0 Å². The molecular formula is C21H33BN2O6S. The van der Waals surface area contributed by atoms with E-state index in [2.05, 4.69) is 4.98 Å². The lowest BCUT2D eigenvalue weighted by atomic mass is 9.80. The molecule has 0 unspecified atom stereocenters. The minimum absolute atomic E-state index is 0.0310.